The van der Waals surface area contributed by atoms with Crippen molar-refractivity contribution in [3.8, 4) is 0 Å². The van der Waals surface area contributed by atoms with E-state index in [0.717, 1.165) is 22.2 Å². The first-order valence-corrected chi connectivity index (χ1v) is 8.82. The van der Waals surface area contributed by atoms with Crippen molar-refractivity contribution in [3.63, 3.8) is 0 Å². The van der Waals surface area contributed by atoms with E-state index < -0.39 is 0 Å². The van der Waals surface area contributed by atoms with Gasteiger partial charge in [0.2, 0.25) is 5.91 Å². The number of amides is 1. The first-order chi connectivity index (χ1) is 10.0. The van der Waals surface area contributed by atoms with Crippen LogP contribution in [0, 0.1) is 0 Å². The molecular formula is C16H17BrClNOS. The maximum atomic E-state index is 11.9. The second-order valence-corrected chi connectivity index (χ2v) is 7.88. The number of hydrogen-bond acceptors (Lipinski definition) is 2. The van der Waals surface area contributed by atoms with Crippen molar-refractivity contribution in [2.75, 3.05) is 0 Å². The Kier molecular flexibility index (Phi) is 6.27. The molecule has 1 atom stereocenters. The van der Waals surface area contributed by atoms with Gasteiger partial charge in [-0.2, -0.15) is 0 Å². The predicted molar refractivity (Wildman–Crippen MR) is 93.0 cm³/mol. The Morgan fingerprint density at radius 2 is 2.00 bits per heavy atom. The fraction of sp³-hybridized carbons (Fsp3) is 0.312. The van der Waals surface area contributed by atoms with Crippen LogP contribution in [0.15, 0.2) is 40.2 Å². The SMILES string of the molecule is CC(NC(=O)CCCc1ccc(Br)s1)c1ccc(Cl)cc1. The van der Waals surface area contributed by atoms with Crippen LogP contribution in [0.5, 0.6) is 0 Å². The van der Waals surface area contributed by atoms with Gasteiger partial charge in [0.15, 0.2) is 0 Å². The van der Waals surface area contributed by atoms with E-state index in [4.69, 9.17) is 11.6 Å². The number of aryl methyl sites for hydroxylation is 1. The third-order valence-corrected chi connectivity index (χ3v) is 5.14. The highest BCUT2D eigenvalue weighted by molar-refractivity contribution is 9.11. The van der Waals surface area contributed by atoms with Gasteiger partial charge >= 0.3 is 0 Å². The number of carbonyl (C=O) groups is 1. The number of nitrogens with one attached hydrogen (secondary N) is 1. The van der Waals surface area contributed by atoms with Gasteiger partial charge in [-0.1, -0.05) is 23.7 Å². The van der Waals surface area contributed by atoms with E-state index >= 15 is 0 Å². The molecule has 0 radical (unpaired) electrons. The van der Waals surface area contributed by atoms with E-state index in [1.54, 1.807) is 11.3 Å². The summed E-state index contributed by atoms with van der Waals surface area (Å²) in [7, 11) is 0. The van der Waals surface area contributed by atoms with Crippen molar-refractivity contribution < 1.29 is 4.79 Å². The third kappa shape index (κ3) is 5.46. The molecule has 1 amide bonds. The van der Waals surface area contributed by atoms with Gasteiger partial charge < -0.3 is 5.32 Å². The molecule has 1 heterocycles. The van der Waals surface area contributed by atoms with Crippen molar-refractivity contribution in [3.05, 3.63) is 55.6 Å². The van der Waals surface area contributed by atoms with Crippen LogP contribution < -0.4 is 5.32 Å². The molecule has 1 aromatic carbocycles. The van der Waals surface area contributed by atoms with Crippen LogP contribution in [-0.2, 0) is 11.2 Å². The van der Waals surface area contributed by atoms with Gasteiger partial charge in [0.25, 0.3) is 0 Å². The zero-order valence-corrected chi connectivity index (χ0v) is 14.9. The normalized spacial score (nSPS) is 12.1. The van der Waals surface area contributed by atoms with Gasteiger partial charge in [-0.25, -0.2) is 0 Å². The average molecular weight is 387 g/mol. The minimum atomic E-state index is 0.00523. The molecule has 2 nitrogen and oxygen atoms in total. The molecule has 1 N–H and O–H groups in total. The molecule has 112 valence electrons. The van der Waals surface area contributed by atoms with E-state index in [9.17, 15) is 4.79 Å². The molecule has 0 saturated carbocycles. The Labute approximate surface area is 142 Å². The maximum Gasteiger partial charge on any atom is 0.220 e. The molecule has 0 bridgehead atoms. The first kappa shape index (κ1) is 16.5. The Balaban J connectivity index is 1.75. The van der Waals surface area contributed by atoms with Crippen LogP contribution >= 0.6 is 38.9 Å². The van der Waals surface area contributed by atoms with E-state index in [2.05, 4.69) is 27.3 Å². The zero-order valence-electron chi connectivity index (χ0n) is 11.7. The number of carbonyl (C=O) groups excluding carboxylic acids is 1. The number of rotatable bonds is 6. The molecule has 2 aromatic rings. The van der Waals surface area contributed by atoms with E-state index in [1.807, 2.05) is 37.3 Å². The smallest absolute Gasteiger partial charge is 0.220 e. The van der Waals surface area contributed by atoms with Crippen molar-refractivity contribution in [1.82, 2.24) is 5.32 Å². The number of halogens is 2. The zero-order chi connectivity index (χ0) is 15.2. The molecule has 2 rings (SSSR count). The Morgan fingerprint density at radius 3 is 2.62 bits per heavy atom. The summed E-state index contributed by atoms with van der Waals surface area (Å²) in [5, 5.41) is 3.73. The lowest BCUT2D eigenvalue weighted by Crippen LogP contribution is -2.26. The van der Waals surface area contributed by atoms with Gasteiger partial charge in [0.1, 0.15) is 0 Å². The van der Waals surface area contributed by atoms with Crippen LogP contribution in [0.2, 0.25) is 5.02 Å². The van der Waals surface area contributed by atoms with E-state index in [1.165, 1.54) is 4.88 Å². The minimum Gasteiger partial charge on any atom is -0.350 e. The molecule has 1 aromatic heterocycles. The van der Waals surface area contributed by atoms with Crippen molar-refractivity contribution in [2.24, 2.45) is 0 Å². The molecule has 5 heteroatoms. The van der Waals surface area contributed by atoms with Crippen LogP contribution in [0.3, 0.4) is 0 Å². The lowest BCUT2D eigenvalue weighted by Gasteiger charge is -2.14. The number of benzene rings is 1. The molecule has 0 fully saturated rings. The average Bonchev–Trinajstić information content (AvgIpc) is 2.85. The van der Waals surface area contributed by atoms with Crippen LogP contribution in [0.4, 0.5) is 0 Å². The van der Waals surface area contributed by atoms with E-state index in [-0.39, 0.29) is 11.9 Å². The highest BCUT2D eigenvalue weighted by Gasteiger charge is 2.09. The number of thiophene rings is 1. The number of hydrogen-bond donors (Lipinski definition) is 1. The van der Waals surface area contributed by atoms with Crippen LogP contribution in [0.1, 0.15) is 36.2 Å². The van der Waals surface area contributed by atoms with E-state index in [0.29, 0.717) is 11.4 Å². The molecule has 21 heavy (non-hydrogen) atoms. The fourth-order valence-corrected chi connectivity index (χ4v) is 3.71. The van der Waals surface area contributed by atoms with Crippen molar-refractivity contribution >= 4 is 44.8 Å². The fourth-order valence-electron chi connectivity index (χ4n) is 2.06. The third-order valence-electron chi connectivity index (χ3n) is 3.20. The molecular weight excluding hydrogens is 370 g/mol. The predicted octanol–water partition coefficient (Wildman–Crippen LogP) is 5.36. The molecule has 0 saturated heterocycles. The quantitative estimate of drug-likeness (QED) is 0.711. The van der Waals surface area contributed by atoms with Gasteiger partial charge in [-0.05, 0) is 65.5 Å². The summed E-state index contributed by atoms with van der Waals surface area (Å²) >= 11 is 11.0. The Hall–Kier alpha value is -0.840. The molecule has 0 aliphatic heterocycles. The maximum absolute atomic E-state index is 11.9. The largest absolute Gasteiger partial charge is 0.350 e. The standard InChI is InChI=1S/C16H17BrClNOS/c1-11(12-5-7-13(18)8-6-12)19-16(20)4-2-3-14-9-10-15(17)21-14/h5-11H,2-4H2,1H3,(H,19,20). The summed E-state index contributed by atoms with van der Waals surface area (Å²) in [6, 6.07) is 11.7. The minimum absolute atomic E-state index is 0.00523. The van der Waals surface area contributed by atoms with Gasteiger partial charge in [0, 0.05) is 16.3 Å². The van der Waals surface area contributed by atoms with Crippen LogP contribution in [0.25, 0.3) is 0 Å². The van der Waals surface area contributed by atoms with Gasteiger partial charge in [-0.15, -0.1) is 11.3 Å². The Bertz CT molecular complexity index is 597. The summed E-state index contributed by atoms with van der Waals surface area (Å²) in [4.78, 5) is 13.3. The highest BCUT2D eigenvalue weighted by Crippen LogP contribution is 2.23. The molecule has 0 spiro atoms. The second kappa shape index (κ2) is 7.97. The Morgan fingerprint density at radius 1 is 1.29 bits per heavy atom. The lowest BCUT2D eigenvalue weighted by atomic mass is 10.1. The van der Waals surface area contributed by atoms with Crippen molar-refractivity contribution in [1.29, 1.82) is 0 Å². The molecule has 0 aliphatic rings. The van der Waals surface area contributed by atoms with Gasteiger partial charge in [-0.3, -0.25) is 4.79 Å². The first-order valence-electron chi connectivity index (χ1n) is 6.83. The summed E-state index contributed by atoms with van der Waals surface area (Å²) in [6.45, 7) is 1.98. The summed E-state index contributed by atoms with van der Waals surface area (Å²) in [5.74, 6) is 0.0908. The highest BCUT2D eigenvalue weighted by atomic mass is 79.9. The van der Waals surface area contributed by atoms with Crippen molar-refractivity contribution in [2.45, 2.75) is 32.2 Å². The second-order valence-electron chi connectivity index (χ2n) is 4.90. The molecule has 0 aliphatic carbocycles. The molecule has 1 unspecified atom stereocenters. The summed E-state index contributed by atoms with van der Waals surface area (Å²) in [5.41, 5.74) is 1.06. The lowest BCUT2D eigenvalue weighted by molar-refractivity contribution is -0.121. The van der Waals surface area contributed by atoms with Gasteiger partial charge in [0.05, 0.1) is 9.83 Å². The van der Waals surface area contributed by atoms with Crippen LogP contribution in [-0.4, -0.2) is 5.91 Å². The summed E-state index contributed by atoms with van der Waals surface area (Å²) in [6.07, 6.45) is 2.36. The summed E-state index contributed by atoms with van der Waals surface area (Å²) < 4.78 is 1.14. The topological polar surface area (TPSA) is 29.1 Å². The monoisotopic (exact) mass is 385 g/mol.